The lowest BCUT2D eigenvalue weighted by Crippen LogP contribution is -2.34. The second-order valence-electron chi connectivity index (χ2n) is 6.03. The minimum atomic E-state index is -0.183. The fourth-order valence-electron chi connectivity index (χ4n) is 2.65. The maximum Gasteiger partial charge on any atom is 0.225 e. The van der Waals surface area contributed by atoms with Crippen LogP contribution in [0.15, 0.2) is 24.3 Å². The molecule has 2 atom stereocenters. The Hall–Kier alpha value is -2.37. The van der Waals surface area contributed by atoms with Gasteiger partial charge in [-0.1, -0.05) is 26.0 Å². The first kappa shape index (κ1) is 18.0. The Balaban J connectivity index is 2.01. The van der Waals surface area contributed by atoms with Gasteiger partial charge in [-0.3, -0.25) is 4.79 Å². The molecule has 1 amide bonds. The van der Waals surface area contributed by atoms with Crippen molar-refractivity contribution in [2.45, 2.75) is 46.7 Å². The number of hydrogen-bond acceptors (Lipinski definition) is 4. The van der Waals surface area contributed by atoms with Crippen LogP contribution >= 0.6 is 0 Å². The molecule has 2 aromatic rings. The summed E-state index contributed by atoms with van der Waals surface area (Å²) in [5.41, 5.74) is 1.08. The van der Waals surface area contributed by atoms with Crippen LogP contribution in [0.1, 0.15) is 43.5 Å². The van der Waals surface area contributed by atoms with Gasteiger partial charge in [0.2, 0.25) is 5.91 Å². The molecule has 0 aliphatic rings. The summed E-state index contributed by atoms with van der Waals surface area (Å²) >= 11 is 0. The van der Waals surface area contributed by atoms with Gasteiger partial charge in [0.25, 0.3) is 0 Å². The summed E-state index contributed by atoms with van der Waals surface area (Å²) in [6.07, 6.45) is 0.826. The topological polar surface area (TPSA) is 69.0 Å². The second kappa shape index (κ2) is 7.95. The van der Waals surface area contributed by atoms with E-state index in [1.54, 1.807) is 11.8 Å². The van der Waals surface area contributed by atoms with Gasteiger partial charge in [0.05, 0.1) is 25.6 Å². The first-order valence-electron chi connectivity index (χ1n) is 8.27. The largest absolute Gasteiger partial charge is 0.497 e. The molecule has 0 bridgehead atoms. The van der Waals surface area contributed by atoms with Crippen LogP contribution in [0.2, 0.25) is 0 Å². The van der Waals surface area contributed by atoms with Crippen molar-refractivity contribution >= 4 is 5.91 Å². The van der Waals surface area contributed by atoms with Crippen molar-refractivity contribution in [1.82, 2.24) is 20.1 Å². The minimum Gasteiger partial charge on any atom is -0.497 e. The maximum atomic E-state index is 12.5. The van der Waals surface area contributed by atoms with Gasteiger partial charge in [-0.2, -0.15) is 5.10 Å². The van der Waals surface area contributed by atoms with E-state index in [0.29, 0.717) is 6.54 Å². The van der Waals surface area contributed by atoms with E-state index in [9.17, 15) is 4.79 Å². The molecule has 2 rings (SSSR count). The van der Waals surface area contributed by atoms with Crippen LogP contribution in [-0.2, 0) is 11.3 Å². The third-order valence-corrected chi connectivity index (χ3v) is 4.10. The van der Waals surface area contributed by atoms with Crippen LogP contribution in [-0.4, -0.2) is 27.8 Å². The van der Waals surface area contributed by atoms with E-state index < -0.39 is 0 Å². The van der Waals surface area contributed by atoms with Gasteiger partial charge >= 0.3 is 0 Å². The lowest BCUT2D eigenvalue weighted by atomic mass is 10.0. The van der Waals surface area contributed by atoms with Crippen molar-refractivity contribution in [2.24, 2.45) is 5.92 Å². The summed E-state index contributed by atoms with van der Waals surface area (Å²) < 4.78 is 6.96. The van der Waals surface area contributed by atoms with Gasteiger partial charge in [-0.25, -0.2) is 9.67 Å². The third kappa shape index (κ3) is 4.34. The molecule has 0 aliphatic carbocycles. The smallest absolute Gasteiger partial charge is 0.225 e. The fourth-order valence-corrected chi connectivity index (χ4v) is 2.65. The molecule has 1 heterocycles. The average molecular weight is 330 g/mol. The number of carbonyl (C=O) groups is 1. The van der Waals surface area contributed by atoms with E-state index in [1.807, 2.05) is 45.0 Å². The molecule has 6 nitrogen and oxygen atoms in total. The first-order chi connectivity index (χ1) is 11.4. The molecular weight excluding hydrogens is 304 g/mol. The Labute approximate surface area is 143 Å². The van der Waals surface area contributed by atoms with Crippen molar-refractivity contribution in [3.63, 3.8) is 0 Å². The normalized spacial score (nSPS) is 13.4. The lowest BCUT2D eigenvalue weighted by Gasteiger charge is -2.20. The van der Waals surface area contributed by atoms with Crippen LogP contribution in [0.5, 0.6) is 5.75 Å². The van der Waals surface area contributed by atoms with E-state index in [0.717, 1.165) is 29.4 Å². The molecule has 0 aliphatic heterocycles. The number of methoxy groups -OCH3 is 1. The zero-order valence-corrected chi connectivity index (χ0v) is 15.0. The highest BCUT2D eigenvalue weighted by atomic mass is 16.5. The highest BCUT2D eigenvalue weighted by Gasteiger charge is 2.19. The molecule has 24 heavy (non-hydrogen) atoms. The Bertz CT molecular complexity index is 679. The van der Waals surface area contributed by atoms with Crippen LogP contribution in [0, 0.1) is 19.8 Å². The zero-order chi connectivity index (χ0) is 17.7. The van der Waals surface area contributed by atoms with E-state index in [2.05, 4.69) is 22.3 Å². The molecule has 0 saturated carbocycles. The third-order valence-electron chi connectivity index (χ3n) is 4.10. The lowest BCUT2D eigenvalue weighted by molar-refractivity contribution is -0.125. The summed E-state index contributed by atoms with van der Waals surface area (Å²) in [6.45, 7) is 8.25. The van der Waals surface area contributed by atoms with Crippen molar-refractivity contribution < 1.29 is 9.53 Å². The van der Waals surface area contributed by atoms with Gasteiger partial charge in [0.1, 0.15) is 17.4 Å². The van der Waals surface area contributed by atoms with Crippen LogP contribution in [0.25, 0.3) is 0 Å². The quantitative estimate of drug-likeness (QED) is 0.847. The Morgan fingerprint density at radius 1 is 1.29 bits per heavy atom. The number of aryl methyl sites for hydroxylation is 2. The summed E-state index contributed by atoms with van der Waals surface area (Å²) in [6, 6.07) is 7.79. The molecule has 2 unspecified atom stereocenters. The monoisotopic (exact) mass is 330 g/mol. The number of nitrogens with one attached hydrogen (secondary N) is 1. The van der Waals surface area contributed by atoms with Crippen molar-refractivity contribution in [3.8, 4) is 5.75 Å². The number of aromatic nitrogens is 3. The van der Waals surface area contributed by atoms with E-state index in [4.69, 9.17) is 4.74 Å². The van der Waals surface area contributed by atoms with Gasteiger partial charge in [-0.05, 0) is 38.0 Å². The number of nitrogens with zero attached hydrogens (tertiary/aromatic N) is 3. The highest BCUT2D eigenvalue weighted by molar-refractivity contribution is 5.78. The molecular formula is C18H26N4O2. The van der Waals surface area contributed by atoms with E-state index >= 15 is 0 Å². The van der Waals surface area contributed by atoms with Crippen LogP contribution in [0.4, 0.5) is 0 Å². The summed E-state index contributed by atoms with van der Waals surface area (Å²) in [7, 11) is 1.64. The molecule has 0 fully saturated rings. The second-order valence-corrected chi connectivity index (χ2v) is 6.03. The Morgan fingerprint density at radius 2 is 1.96 bits per heavy atom. The molecule has 0 saturated heterocycles. The number of carbonyl (C=O) groups excluding carboxylic acids is 1. The summed E-state index contributed by atoms with van der Waals surface area (Å²) in [5, 5.41) is 7.45. The average Bonchev–Trinajstić information content (AvgIpc) is 2.89. The predicted octanol–water partition coefficient (Wildman–Crippen LogP) is 2.81. The molecule has 0 radical (unpaired) electrons. The number of hydrogen-bond donors (Lipinski definition) is 1. The van der Waals surface area contributed by atoms with Gasteiger partial charge in [0.15, 0.2) is 0 Å². The number of benzene rings is 1. The van der Waals surface area contributed by atoms with Crippen LogP contribution < -0.4 is 10.1 Å². The zero-order valence-electron chi connectivity index (χ0n) is 15.0. The van der Waals surface area contributed by atoms with Crippen molar-refractivity contribution in [1.29, 1.82) is 0 Å². The van der Waals surface area contributed by atoms with Gasteiger partial charge in [0, 0.05) is 0 Å². The van der Waals surface area contributed by atoms with E-state index in [1.165, 1.54) is 0 Å². The number of ether oxygens (including phenoxy) is 1. The molecule has 1 N–H and O–H groups in total. The maximum absolute atomic E-state index is 12.5. The number of rotatable bonds is 7. The van der Waals surface area contributed by atoms with Crippen molar-refractivity contribution in [3.05, 3.63) is 41.5 Å². The molecule has 130 valence electrons. The highest BCUT2D eigenvalue weighted by Crippen LogP contribution is 2.20. The predicted molar refractivity (Wildman–Crippen MR) is 92.8 cm³/mol. The van der Waals surface area contributed by atoms with Crippen LogP contribution in [0.3, 0.4) is 0 Å². The standard InChI is InChI=1S/C18H26N4O2/c1-6-17(15-7-9-16(24-5)10-8-15)20-18(23)12(2)11-22-14(4)19-13(3)21-22/h7-10,12,17H,6,11H2,1-5H3,(H,20,23). The van der Waals surface area contributed by atoms with Gasteiger partial charge < -0.3 is 10.1 Å². The van der Waals surface area contributed by atoms with Gasteiger partial charge in [-0.15, -0.1) is 0 Å². The fraction of sp³-hybridized carbons (Fsp3) is 0.500. The Morgan fingerprint density at radius 3 is 2.46 bits per heavy atom. The first-order valence-corrected chi connectivity index (χ1v) is 8.27. The molecule has 1 aromatic carbocycles. The molecule has 0 spiro atoms. The molecule has 6 heteroatoms. The molecule has 1 aromatic heterocycles. The SMILES string of the molecule is CCC(NC(=O)C(C)Cn1nc(C)nc1C)c1ccc(OC)cc1. The van der Waals surface area contributed by atoms with Crippen molar-refractivity contribution in [2.75, 3.05) is 7.11 Å². The minimum absolute atomic E-state index is 0.00978. The summed E-state index contributed by atoms with van der Waals surface area (Å²) in [5.74, 6) is 2.20. The Kier molecular flexibility index (Phi) is 5.95. The van der Waals surface area contributed by atoms with E-state index in [-0.39, 0.29) is 17.9 Å². The summed E-state index contributed by atoms with van der Waals surface area (Å²) in [4.78, 5) is 16.8. The number of amides is 1.